The number of furan rings is 1. The van der Waals surface area contributed by atoms with Crippen LogP contribution in [-0.2, 0) is 0 Å². The quantitative estimate of drug-likeness (QED) is 0.153. The third-order valence-corrected chi connectivity index (χ3v) is 12.4. The summed E-state index contributed by atoms with van der Waals surface area (Å²) in [6, 6.07) is 87.2. The SMILES string of the molecule is c1ccc(-c2ccc(-n3c4ccccc4c4ccc(-c5ccc(-c6cccc(N(c7ccccc7)c7ccccc7)c6)c(-c6ccc7oc8ccccc8c7c6)c5)cc43)cc2)cc1. The van der Waals surface area contributed by atoms with Gasteiger partial charge in [-0.25, -0.2) is 0 Å². The second-order valence-corrected chi connectivity index (χ2v) is 16.1. The Balaban J connectivity index is 1.03. The third-order valence-electron chi connectivity index (χ3n) is 12.4. The number of nitrogens with zero attached hydrogens (tertiary/aromatic N) is 2. The maximum absolute atomic E-state index is 6.31. The summed E-state index contributed by atoms with van der Waals surface area (Å²) in [7, 11) is 0. The van der Waals surface area contributed by atoms with Gasteiger partial charge in [-0.05, 0) is 129 Å². The van der Waals surface area contributed by atoms with Crippen LogP contribution in [0.2, 0.25) is 0 Å². The molecule has 63 heavy (non-hydrogen) atoms. The van der Waals surface area contributed by atoms with Gasteiger partial charge in [0.05, 0.1) is 11.0 Å². The van der Waals surface area contributed by atoms with Gasteiger partial charge in [0.15, 0.2) is 0 Å². The third kappa shape index (κ3) is 6.46. The molecule has 0 aliphatic carbocycles. The lowest BCUT2D eigenvalue weighted by Gasteiger charge is -2.26. The molecule has 0 atom stereocenters. The molecule has 0 N–H and O–H groups in total. The van der Waals surface area contributed by atoms with Crippen molar-refractivity contribution < 1.29 is 4.42 Å². The van der Waals surface area contributed by atoms with Crippen molar-refractivity contribution in [3.05, 3.63) is 243 Å². The summed E-state index contributed by atoms with van der Waals surface area (Å²) < 4.78 is 8.72. The fourth-order valence-electron chi connectivity index (χ4n) is 9.38. The summed E-state index contributed by atoms with van der Waals surface area (Å²) in [4.78, 5) is 2.32. The Morgan fingerprint density at radius 1 is 0.286 bits per heavy atom. The lowest BCUT2D eigenvalue weighted by atomic mass is 9.90. The van der Waals surface area contributed by atoms with Crippen molar-refractivity contribution in [2.24, 2.45) is 0 Å². The van der Waals surface area contributed by atoms with E-state index in [4.69, 9.17) is 4.42 Å². The Labute approximate surface area is 366 Å². The summed E-state index contributed by atoms with van der Waals surface area (Å²) in [5.74, 6) is 0. The van der Waals surface area contributed by atoms with Crippen molar-refractivity contribution in [3.8, 4) is 50.2 Å². The molecule has 0 saturated carbocycles. The molecule has 0 fully saturated rings. The molecule has 0 radical (unpaired) electrons. The number of rotatable bonds is 8. The highest BCUT2D eigenvalue weighted by atomic mass is 16.3. The van der Waals surface area contributed by atoms with Gasteiger partial charge in [-0.3, -0.25) is 0 Å². The van der Waals surface area contributed by atoms with Crippen LogP contribution in [0.4, 0.5) is 17.1 Å². The summed E-state index contributed by atoms with van der Waals surface area (Å²) in [6.07, 6.45) is 0. The average Bonchev–Trinajstić information content (AvgIpc) is 3.90. The van der Waals surface area contributed by atoms with E-state index in [0.29, 0.717) is 0 Å². The molecule has 0 amide bonds. The molecule has 2 heterocycles. The standard InChI is InChI=1S/C60H40N2O/c1-4-15-41(16-5-1)42-27-32-49(33-28-42)62-57-25-12-10-23-52(57)53-35-30-44(40-58(53)62)43-29-34-51(55(38-43)46-31-36-60-56(39-46)54-24-11-13-26-59(54)63-60)45-17-14-22-50(37-45)61(47-18-6-2-7-19-47)48-20-8-3-9-21-48/h1-40H. The van der Waals surface area contributed by atoms with Crippen LogP contribution in [0.15, 0.2) is 247 Å². The fraction of sp³-hybridized carbons (Fsp3) is 0. The van der Waals surface area contributed by atoms with Gasteiger partial charge in [0.1, 0.15) is 11.2 Å². The number of hydrogen-bond donors (Lipinski definition) is 0. The van der Waals surface area contributed by atoms with Crippen LogP contribution in [0.25, 0.3) is 93.9 Å². The molecule has 0 saturated heterocycles. The molecule has 0 spiro atoms. The summed E-state index contributed by atoms with van der Waals surface area (Å²) >= 11 is 0. The molecule has 0 aliphatic rings. The molecule has 2 aromatic heterocycles. The van der Waals surface area contributed by atoms with E-state index in [9.17, 15) is 0 Å². The predicted octanol–water partition coefficient (Wildman–Crippen LogP) is 16.8. The Bertz CT molecular complexity index is 3560. The molecular weight excluding hydrogens is 765 g/mol. The Morgan fingerprint density at radius 3 is 1.60 bits per heavy atom. The van der Waals surface area contributed by atoms with Crippen molar-refractivity contribution in [1.29, 1.82) is 0 Å². The van der Waals surface area contributed by atoms with E-state index >= 15 is 0 Å². The Kier molecular flexibility index (Phi) is 8.83. The number of hydrogen-bond acceptors (Lipinski definition) is 2. The fourth-order valence-corrected chi connectivity index (χ4v) is 9.38. The van der Waals surface area contributed by atoms with Crippen molar-refractivity contribution >= 4 is 60.8 Å². The number of fused-ring (bicyclic) bond motifs is 6. The van der Waals surface area contributed by atoms with Gasteiger partial charge in [-0.1, -0.05) is 158 Å². The van der Waals surface area contributed by atoms with E-state index in [-0.39, 0.29) is 0 Å². The van der Waals surface area contributed by atoms with Crippen LogP contribution < -0.4 is 4.90 Å². The second-order valence-electron chi connectivity index (χ2n) is 16.1. The Hall–Kier alpha value is -8.40. The van der Waals surface area contributed by atoms with E-state index in [1.165, 1.54) is 32.9 Å². The van der Waals surface area contributed by atoms with Gasteiger partial charge in [0.2, 0.25) is 0 Å². The number of anilines is 3. The minimum Gasteiger partial charge on any atom is -0.456 e. The van der Waals surface area contributed by atoms with E-state index in [1.54, 1.807) is 0 Å². The van der Waals surface area contributed by atoms with Crippen molar-refractivity contribution in [3.63, 3.8) is 0 Å². The van der Waals surface area contributed by atoms with E-state index in [0.717, 1.165) is 78.1 Å². The first-order valence-corrected chi connectivity index (χ1v) is 21.5. The predicted molar refractivity (Wildman–Crippen MR) is 264 cm³/mol. The largest absolute Gasteiger partial charge is 0.456 e. The zero-order chi connectivity index (χ0) is 41.7. The van der Waals surface area contributed by atoms with Gasteiger partial charge in [-0.15, -0.1) is 0 Å². The summed E-state index contributed by atoms with van der Waals surface area (Å²) in [6.45, 7) is 0. The summed E-state index contributed by atoms with van der Waals surface area (Å²) in [5.41, 5.74) is 17.9. The summed E-state index contributed by atoms with van der Waals surface area (Å²) in [5, 5.41) is 4.69. The topological polar surface area (TPSA) is 21.3 Å². The van der Waals surface area contributed by atoms with Gasteiger partial charge in [-0.2, -0.15) is 0 Å². The van der Waals surface area contributed by atoms with Crippen LogP contribution in [0.5, 0.6) is 0 Å². The lowest BCUT2D eigenvalue weighted by molar-refractivity contribution is 0.669. The minimum atomic E-state index is 0.885. The van der Waals surface area contributed by atoms with Gasteiger partial charge in [0, 0.05) is 44.3 Å². The first-order valence-electron chi connectivity index (χ1n) is 21.5. The lowest BCUT2D eigenvalue weighted by Crippen LogP contribution is -2.09. The van der Waals surface area contributed by atoms with Crippen molar-refractivity contribution in [2.45, 2.75) is 0 Å². The maximum Gasteiger partial charge on any atom is 0.135 e. The second kappa shape index (κ2) is 15.3. The van der Waals surface area contributed by atoms with Crippen molar-refractivity contribution in [2.75, 3.05) is 4.90 Å². The molecule has 3 heteroatoms. The zero-order valence-electron chi connectivity index (χ0n) is 34.4. The van der Waals surface area contributed by atoms with Crippen LogP contribution >= 0.6 is 0 Å². The number of benzene rings is 10. The first-order chi connectivity index (χ1) is 31.2. The molecule has 12 rings (SSSR count). The normalized spacial score (nSPS) is 11.5. The number of para-hydroxylation sites is 4. The van der Waals surface area contributed by atoms with Gasteiger partial charge >= 0.3 is 0 Å². The van der Waals surface area contributed by atoms with Gasteiger partial charge < -0.3 is 13.9 Å². The molecule has 296 valence electrons. The monoisotopic (exact) mass is 804 g/mol. The van der Waals surface area contributed by atoms with Gasteiger partial charge in [0.25, 0.3) is 0 Å². The highest BCUT2D eigenvalue weighted by molar-refractivity contribution is 6.11. The smallest absolute Gasteiger partial charge is 0.135 e. The molecule has 3 nitrogen and oxygen atoms in total. The van der Waals surface area contributed by atoms with E-state index in [2.05, 4.69) is 240 Å². The molecule has 0 bridgehead atoms. The first kappa shape index (κ1) is 36.5. The zero-order valence-corrected chi connectivity index (χ0v) is 34.4. The molecule has 0 aliphatic heterocycles. The molecular formula is C60H40N2O. The average molecular weight is 805 g/mol. The highest BCUT2D eigenvalue weighted by Crippen LogP contribution is 2.43. The molecule has 0 unspecified atom stereocenters. The van der Waals surface area contributed by atoms with Crippen LogP contribution in [0.1, 0.15) is 0 Å². The maximum atomic E-state index is 6.31. The molecule has 12 aromatic rings. The molecule has 10 aromatic carbocycles. The van der Waals surface area contributed by atoms with E-state index < -0.39 is 0 Å². The van der Waals surface area contributed by atoms with E-state index in [1.807, 2.05) is 12.1 Å². The minimum absolute atomic E-state index is 0.885. The Morgan fingerprint density at radius 2 is 0.825 bits per heavy atom. The highest BCUT2D eigenvalue weighted by Gasteiger charge is 2.18. The van der Waals surface area contributed by atoms with Crippen molar-refractivity contribution in [1.82, 2.24) is 4.57 Å². The van der Waals surface area contributed by atoms with Crippen LogP contribution in [-0.4, -0.2) is 4.57 Å². The number of aromatic nitrogens is 1. The van der Waals surface area contributed by atoms with Crippen LogP contribution in [0.3, 0.4) is 0 Å². The van der Waals surface area contributed by atoms with Crippen LogP contribution in [0, 0.1) is 0 Å².